The predicted octanol–water partition coefficient (Wildman–Crippen LogP) is 1.22. The van der Waals surface area contributed by atoms with E-state index in [0.29, 0.717) is 0 Å². The molecule has 1 saturated carbocycles. The minimum atomic E-state index is 0.233. The van der Waals surface area contributed by atoms with Crippen LogP contribution < -0.4 is 5.73 Å². The van der Waals surface area contributed by atoms with Gasteiger partial charge in [-0.3, -0.25) is 4.90 Å². The van der Waals surface area contributed by atoms with Crippen molar-refractivity contribution < 1.29 is 0 Å². The summed E-state index contributed by atoms with van der Waals surface area (Å²) in [6, 6.07) is 0. The summed E-state index contributed by atoms with van der Waals surface area (Å²) in [4.78, 5) is 7.04. The maximum absolute atomic E-state index is 6.12. The Morgan fingerprint density at radius 1 is 1.47 bits per heavy atom. The van der Waals surface area contributed by atoms with Gasteiger partial charge in [0.2, 0.25) is 0 Å². The molecule has 94 valence electrons. The molecule has 1 atom stereocenters. The summed E-state index contributed by atoms with van der Waals surface area (Å²) in [5, 5.41) is 0. The third kappa shape index (κ3) is 1.70. The predicted molar refractivity (Wildman–Crippen MR) is 67.4 cm³/mol. The molecule has 1 unspecified atom stereocenters. The van der Waals surface area contributed by atoms with Gasteiger partial charge in [0.15, 0.2) is 0 Å². The van der Waals surface area contributed by atoms with E-state index in [1.165, 1.54) is 18.7 Å². The lowest BCUT2D eigenvalue weighted by molar-refractivity contribution is 0.0409. The van der Waals surface area contributed by atoms with Gasteiger partial charge in [0.1, 0.15) is 5.82 Å². The van der Waals surface area contributed by atoms with Gasteiger partial charge < -0.3 is 10.3 Å². The van der Waals surface area contributed by atoms with Gasteiger partial charge in [-0.25, -0.2) is 4.98 Å². The van der Waals surface area contributed by atoms with Crippen LogP contribution >= 0.6 is 0 Å². The second-order valence-electron chi connectivity index (χ2n) is 5.39. The molecule has 1 aliphatic heterocycles. The molecule has 1 fully saturated rings. The van der Waals surface area contributed by atoms with Crippen molar-refractivity contribution in [3.63, 3.8) is 0 Å². The molecule has 2 heterocycles. The first-order valence-electron chi connectivity index (χ1n) is 6.75. The van der Waals surface area contributed by atoms with Crippen LogP contribution in [0.15, 0.2) is 12.4 Å². The molecule has 2 N–H and O–H groups in total. The summed E-state index contributed by atoms with van der Waals surface area (Å²) in [7, 11) is 0. The number of nitrogens with two attached hydrogens (primary N) is 1. The van der Waals surface area contributed by atoms with Crippen molar-refractivity contribution in [1.82, 2.24) is 14.5 Å². The van der Waals surface area contributed by atoms with Crippen molar-refractivity contribution in [1.29, 1.82) is 0 Å². The van der Waals surface area contributed by atoms with Crippen LogP contribution in [0.5, 0.6) is 0 Å². The normalized spacial score (nSPS) is 24.4. The van der Waals surface area contributed by atoms with Crippen LogP contribution in [0.25, 0.3) is 0 Å². The molecule has 2 aliphatic rings. The minimum absolute atomic E-state index is 0.233. The molecule has 1 aromatic heterocycles. The van der Waals surface area contributed by atoms with Gasteiger partial charge in [0.05, 0.1) is 6.54 Å². The summed E-state index contributed by atoms with van der Waals surface area (Å²) in [6.45, 7) is 6.21. The zero-order valence-electron chi connectivity index (χ0n) is 10.6. The first-order valence-corrected chi connectivity index (χ1v) is 6.75. The SMILES string of the molecule is CCC(CN)(C1CC1)N1CCn2ccnc2C1. The molecular weight excluding hydrogens is 212 g/mol. The number of imidazole rings is 1. The molecule has 4 heteroatoms. The maximum atomic E-state index is 6.12. The van der Waals surface area contributed by atoms with Crippen LogP contribution in [0.1, 0.15) is 32.0 Å². The Hall–Kier alpha value is -0.870. The first kappa shape index (κ1) is 11.2. The average molecular weight is 234 g/mol. The average Bonchev–Trinajstić information content (AvgIpc) is 3.10. The smallest absolute Gasteiger partial charge is 0.122 e. The van der Waals surface area contributed by atoms with E-state index in [1.54, 1.807) is 0 Å². The molecule has 0 radical (unpaired) electrons. The highest BCUT2D eigenvalue weighted by Crippen LogP contribution is 2.45. The highest BCUT2D eigenvalue weighted by Gasteiger charge is 2.47. The topological polar surface area (TPSA) is 47.1 Å². The van der Waals surface area contributed by atoms with Crippen LogP contribution in [-0.2, 0) is 13.1 Å². The summed E-state index contributed by atoms with van der Waals surface area (Å²) in [5.74, 6) is 2.02. The fourth-order valence-electron chi connectivity index (χ4n) is 3.38. The Morgan fingerprint density at radius 2 is 2.29 bits per heavy atom. The summed E-state index contributed by atoms with van der Waals surface area (Å²) < 4.78 is 2.26. The van der Waals surface area contributed by atoms with Crippen LogP contribution in [0.2, 0.25) is 0 Å². The van der Waals surface area contributed by atoms with E-state index in [0.717, 1.165) is 38.5 Å². The molecular formula is C13H22N4. The third-order valence-corrected chi connectivity index (χ3v) is 4.68. The number of hydrogen-bond acceptors (Lipinski definition) is 3. The van der Waals surface area contributed by atoms with Crippen molar-refractivity contribution >= 4 is 0 Å². The Labute approximate surface area is 103 Å². The van der Waals surface area contributed by atoms with E-state index < -0.39 is 0 Å². The van der Waals surface area contributed by atoms with Crippen molar-refractivity contribution in [2.24, 2.45) is 11.7 Å². The molecule has 0 bridgehead atoms. The maximum Gasteiger partial charge on any atom is 0.122 e. The van der Waals surface area contributed by atoms with E-state index in [9.17, 15) is 0 Å². The van der Waals surface area contributed by atoms with Gasteiger partial charge in [-0.15, -0.1) is 0 Å². The summed E-state index contributed by atoms with van der Waals surface area (Å²) >= 11 is 0. The molecule has 0 spiro atoms. The van der Waals surface area contributed by atoms with Gasteiger partial charge in [-0.05, 0) is 25.2 Å². The molecule has 3 rings (SSSR count). The molecule has 1 aliphatic carbocycles. The number of nitrogens with zero attached hydrogens (tertiary/aromatic N) is 3. The summed E-state index contributed by atoms with van der Waals surface area (Å²) in [6.07, 6.45) is 7.87. The molecule has 4 nitrogen and oxygen atoms in total. The van der Waals surface area contributed by atoms with Gasteiger partial charge >= 0.3 is 0 Å². The number of rotatable bonds is 4. The molecule has 0 saturated heterocycles. The lowest BCUT2D eigenvalue weighted by Gasteiger charge is -2.45. The lowest BCUT2D eigenvalue weighted by Crippen LogP contribution is -2.57. The standard InChI is InChI=1S/C13H22N4/c1-2-13(10-14,11-3-4-11)17-8-7-16-6-5-15-12(16)9-17/h5-6,11H,2-4,7-10,14H2,1H3. The Kier molecular flexibility index (Phi) is 2.71. The van der Waals surface area contributed by atoms with Crippen molar-refractivity contribution in [2.75, 3.05) is 13.1 Å². The van der Waals surface area contributed by atoms with E-state index in [2.05, 4.69) is 27.6 Å². The highest BCUT2D eigenvalue weighted by atomic mass is 15.3. The van der Waals surface area contributed by atoms with Gasteiger partial charge in [0, 0.05) is 37.6 Å². The Bertz CT molecular complexity index is 390. The quantitative estimate of drug-likeness (QED) is 0.852. The van der Waals surface area contributed by atoms with Crippen LogP contribution in [0, 0.1) is 5.92 Å². The molecule has 0 amide bonds. The van der Waals surface area contributed by atoms with Crippen molar-refractivity contribution in [3.05, 3.63) is 18.2 Å². The lowest BCUT2D eigenvalue weighted by atomic mass is 9.87. The van der Waals surface area contributed by atoms with E-state index in [1.807, 2.05) is 6.20 Å². The number of fused-ring (bicyclic) bond motifs is 1. The van der Waals surface area contributed by atoms with E-state index in [-0.39, 0.29) is 5.54 Å². The second-order valence-corrected chi connectivity index (χ2v) is 5.39. The first-order chi connectivity index (χ1) is 8.30. The molecule has 17 heavy (non-hydrogen) atoms. The fourth-order valence-corrected chi connectivity index (χ4v) is 3.38. The zero-order valence-corrected chi connectivity index (χ0v) is 10.6. The Morgan fingerprint density at radius 3 is 2.94 bits per heavy atom. The van der Waals surface area contributed by atoms with Gasteiger partial charge in [-0.1, -0.05) is 6.92 Å². The van der Waals surface area contributed by atoms with Gasteiger partial charge in [0.25, 0.3) is 0 Å². The number of hydrogen-bond donors (Lipinski definition) is 1. The fraction of sp³-hybridized carbons (Fsp3) is 0.769. The second kappa shape index (κ2) is 4.10. The summed E-state index contributed by atoms with van der Waals surface area (Å²) in [5.41, 5.74) is 6.35. The zero-order chi connectivity index (χ0) is 11.9. The van der Waals surface area contributed by atoms with Gasteiger partial charge in [-0.2, -0.15) is 0 Å². The third-order valence-electron chi connectivity index (χ3n) is 4.68. The van der Waals surface area contributed by atoms with E-state index in [4.69, 9.17) is 5.73 Å². The highest BCUT2D eigenvalue weighted by molar-refractivity contribution is 5.06. The van der Waals surface area contributed by atoms with Crippen LogP contribution in [0.3, 0.4) is 0 Å². The monoisotopic (exact) mass is 234 g/mol. The largest absolute Gasteiger partial charge is 0.333 e. The van der Waals surface area contributed by atoms with E-state index >= 15 is 0 Å². The Balaban J connectivity index is 1.84. The van der Waals surface area contributed by atoms with Crippen molar-refractivity contribution in [2.45, 2.75) is 44.8 Å². The molecule has 1 aromatic rings. The number of aromatic nitrogens is 2. The van der Waals surface area contributed by atoms with Crippen LogP contribution in [0.4, 0.5) is 0 Å². The molecule has 0 aromatic carbocycles. The van der Waals surface area contributed by atoms with Crippen LogP contribution in [-0.4, -0.2) is 33.1 Å². The van der Waals surface area contributed by atoms with Crippen molar-refractivity contribution in [3.8, 4) is 0 Å². The minimum Gasteiger partial charge on any atom is -0.333 e.